The molecule has 0 saturated carbocycles. The number of benzene rings is 1. The summed E-state index contributed by atoms with van der Waals surface area (Å²) in [6.45, 7) is 1.95. The van der Waals surface area contributed by atoms with Crippen molar-refractivity contribution in [3.8, 4) is 6.07 Å². The lowest BCUT2D eigenvalue weighted by Gasteiger charge is -2.04. The summed E-state index contributed by atoms with van der Waals surface area (Å²) in [7, 11) is 0. The van der Waals surface area contributed by atoms with Crippen LogP contribution < -0.4 is 0 Å². The second kappa shape index (κ2) is 3.93. The summed E-state index contributed by atoms with van der Waals surface area (Å²) in [4.78, 5) is 0. The second-order valence-corrected chi connectivity index (χ2v) is 3.81. The number of aryl methyl sites for hydroxylation is 1. The van der Waals surface area contributed by atoms with Gasteiger partial charge < -0.3 is 0 Å². The van der Waals surface area contributed by atoms with Crippen molar-refractivity contribution in [2.45, 2.75) is 13.3 Å². The van der Waals surface area contributed by atoms with Crippen molar-refractivity contribution in [3.63, 3.8) is 0 Å². The molecule has 0 radical (unpaired) electrons. The van der Waals surface area contributed by atoms with Crippen molar-refractivity contribution in [2.75, 3.05) is 0 Å². The predicted octanol–water partition coefficient (Wildman–Crippen LogP) is 3.48. The van der Waals surface area contributed by atoms with Crippen molar-refractivity contribution in [3.05, 3.63) is 32.8 Å². The predicted molar refractivity (Wildman–Crippen MR) is 53.2 cm³/mol. The van der Waals surface area contributed by atoms with Crippen molar-refractivity contribution in [1.29, 1.82) is 5.26 Å². The Bertz CT molecular complexity index is 318. The van der Waals surface area contributed by atoms with Crippen molar-refractivity contribution in [1.82, 2.24) is 0 Å². The number of nitriles is 1. The third-order valence-electron chi connectivity index (χ3n) is 1.64. The van der Waals surface area contributed by atoms with Crippen LogP contribution in [0.2, 0.25) is 5.02 Å². The molecule has 0 heterocycles. The molecule has 0 aliphatic rings. The average molecular weight is 245 g/mol. The van der Waals surface area contributed by atoms with Crippen LogP contribution in [0.1, 0.15) is 11.1 Å². The number of hydrogen-bond acceptors (Lipinski definition) is 1. The molecule has 0 unspecified atom stereocenters. The minimum Gasteiger partial charge on any atom is -0.198 e. The zero-order chi connectivity index (χ0) is 9.14. The van der Waals surface area contributed by atoms with E-state index < -0.39 is 0 Å². The maximum atomic E-state index is 8.53. The van der Waals surface area contributed by atoms with E-state index in [9.17, 15) is 0 Å². The Balaban J connectivity index is 3.21. The van der Waals surface area contributed by atoms with Gasteiger partial charge in [-0.2, -0.15) is 5.26 Å². The highest BCUT2D eigenvalue weighted by Crippen LogP contribution is 2.25. The van der Waals surface area contributed by atoms with Gasteiger partial charge in [-0.25, -0.2) is 0 Å². The zero-order valence-corrected chi connectivity index (χ0v) is 8.91. The molecular formula is C9H7BrClN. The Labute approximate surface area is 85.1 Å². The summed E-state index contributed by atoms with van der Waals surface area (Å²) in [6, 6.07) is 5.78. The molecule has 1 rings (SSSR count). The molecule has 0 saturated heterocycles. The van der Waals surface area contributed by atoms with Gasteiger partial charge in [0.1, 0.15) is 0 Å². The van der Waals surface area contributed by atoms with Gasteiger partial charge in [-0.1, -0.05) is 27.5 Å². The van der Waals surface area contributed by atoms with Crippen molar-refractivity contribution < 1.29 is 0 Å². The number of rotatable bonds is 1. The molecule has 0 spiro atoms. The van der Waals surface area contributed by atoms with Gasteiger partial charge >= 0.3 is 0 Å². The Morgan fingerprint density at radius 1 is 1.58 bits per heavy atom. The SMILES string of the molecule is Cc1cc(Cl)cc(Br)c1CC#N. The van der Waals surface area contributed by atoms with Crippen LogP contribution in [0.4, 0.5) is 0 Å². The molecular weight excluding hydrogens is 237 g/mol. The van der Waals surface area contributed by atoms with Crippen LogP contribution >= 0.6 is 27.5 Å². The summed E-state index contributed by atoms with van der Waals surface area (Å²) in [5.41, 5.74) is 2.07. The average Bonchev–Trinajstić information content (AvgIpc) is 1.96. The van der Waals surface area contributed by atoms with Crippen LogP contribution in [0, 0.1) is 18.3 Å². The van der Waals surface area contributed by atoms with Crippen LogP contribution in [0.25, 0.3) is 0 Å². The van der Waals surface area contributed by atoms with E-state index in [-0.39, 0.29) is 0 Å². The topological polar surface area (TPSA) is 23.8 Å². The van der Waals surface area contributed by atoms with Crippen molar-refractivity contribution >= 4 is 27.5 Å². The van der Waals surface area contributed by atoms with E-state index in [4.69, 9.17) is 16.9 Å². The van der Waals surface area contributed by atoms with E-state index in [1.54, 1.807) is 6.07 Å². The highest BCUT2D eigenvalue weighted by Gasteiger charge is 2.04. The quantitative estimate of drug-likeness (QED) is 0.742. The van der Waals surface area contributed by atoms with E-state index >= 15 is 0 Å². The molecule has 0 aliphatic heterocycles. The maximum Gasteiger partial charge on any atom is 0.0670 e. The third-order valence-corrected chi connectivity index (χ3v) is 2.56. The van der Waals surface area contributed by atoms with Gasteiger partial charge in [-0.3, -0.25) is 0 Å². The Hall–Kier alpha value is -0.520. The van der Waals surface area contributed by atoms with Gasteiger partial charge in [0.05, 0.1) is 12.5 Å². The molecule has 3 heteroatoms. The molecule has 0 aromatic heterocycles. The molecule has 1 aromatic carbocycles. The summed E-state index contributed by atoms with van der Waals surface area (Å²) >= 11 is 9.17. The van der Waals surface area contributed by atoms with Gasteiger partial charge in [0.25, 0.3) is 0 Å². The van der Waals surface area contributed by atoms with E-state index in [1.807, 2.05) is 13.0 Å². The first-order valence-electron chi connectivity index (χ1n) is 3.46. The molecule has 0 fully saturated rings. The van der Waals surface area contributed by atoms with E-state index in [2.05, 4.69) is 22.0 Å². The van der Waals surface area contributed by atoms with Crippen LogP contribution in [0.3, 0.4) is 0 Å². The number of nitrogens with zero attached hydrogens (tertiary/aromatic N) is 1. The van der Waals surface area contributed by atoms with E-state index in [0.717, 1.165) is 15.6 Å². The molecule has 1 nitrogen and oxygen atoms in total. The van der Waals surface area contributed by atoms with Crippen LogP contribution in [0.5, 0.6) is 0 Å². The minimum atomic E-state index is 0.420. The van der Waals surface area contributed by atoms with Crippen LogP contribution in [-0.2, 0) is 6.42 Å². The Morgan fingerprint density at radius 3 is 2.75 bits per heavy atom. The van der Waals surface area contributed by atoms with Gasteiger partial charge in [-0.05, 0) is 30.2 Å². The fourth-order valence-electron chi connectivity index (χ4n) is 1.04. The molecule has 0 atom stereocenters. The normalized spacial score (nSPS) is 9.50. The highest BCUT2D eigenvalue weighted by molar-refractivity contribution is 9.10. The lowest BCUT2D eigenvalue weighted by molar-refractivity contribution is 1.20. The molecule has 62 valence electrons. The van der Waals surface area contributed by atoms with Gasteiger partial charge in [0.15, 0.2) is 0 Å². The Kier molecular flexibility index (Phi) is 3.13. The lowest BCUT2D eigenvalue weighted by Crippen LogP contribution is -1.89. The second-order valence-electron chi connectivity index (χ2n) is 2.52. The van der Waals surface area contributed by atoms with E-state index in [1.165, 1.54) is 0 Å². The summed E-state index contributed by atoms with van der Waals surface area (Å²) in [5, 5.41) is 9.23. The molecule has 0 aliphatic carbocycles. The smallest absolute Gasteiger partial charge is 0.0670 e. The first kappa shape index (κ1) is 9.57. The fraction of sp³-hybridized carbons (Fsp3) is 0.222. The third kappa shape index (κ3) is 2.00. The van der Waals surface area contributed by atoms with Crippen LogP contribution in [-0.4, -0.2) is 0 Å². The van der Waals surface area contributed by atoms with Gasteiger partial charge in [-0.15, -0.1) is 0 Å². The molecule has 12 heavy (non-hydrogen) atoms. The van der Waals surface area contributed by atoms with Crippen LogP contribution in [0.15, 0.2) is 16.6 Å². The zero-order valence-electron chi connectivity index (χ0n) is 6.56. The maximum absolute atomic E-state index is 8.53. The number of halogens is 2. The standard InChI is InChI=1S/C9H7BrClN/c1-6-4-7(11)5-9(10)8(6)2-3-12/h4-5H,2H2,1H3. The van der Waals surface area contributed by atoms with Gasteiger partial charge in [0.2, 0.25) is 0 Å². The lowest BCUT2D eigenvalue weighted by atomic mass is 10.1. The van der Waals surface area contributed by atoms with E-state index in [0.29, 0.717) is 11.4 Å². The largest absolute Gasteiger partial charge is 0.198 e. The highest BCUT2D eigenvalue weighted by atomic mass is 79.9. The first-order valence-corrected chi connectivity index (χ1v) is 4.63. The fourth-order valence-corrected chi connectivity index (χ4v) is 2.14. The minimum absolute atomic E-state index is 0.420. The summed E-state index contributed by atoms with van der Waals surface area (Å²) < 4.78 is 0.911. The molecule has 0 amide bonds. The number of hydrogen-bond donors (Lipinski definition) is 0. The monoisotopic (exact) mass is 243 g/mol. The molecule has 0 bridgehead atoms. The summed E-state index contributed by atoms with van der Waals surface area (Å²) in [6.07, 6.45) is 0.420. The first-order chi connectivity index (χ1) is 5.65. The summed E-state index contributed by atoms with van der Waals surface area (Å²) in [5.74, 6) is 0. The molecule has 1 aromatic rings. The van der Waals surface area contributed by atoms with Crippen molar-refractivity contribution in [2.24, 2.45) is 0 Å². The molecule has 0 N–H and O–H groups in total. The Morgan fingerprint density at radius 2 is 2.25 bits per heavy atom. The van der Waals surface area contributed by atoms with Gasteiger partial charge in [0, 0.05) is 9.50 Å².